The van der Waals surface area contributed by atoms with Crippen LogP contribution in [0.25, 0.3) is 11.3 Å². The maximum absolute atomic E-state index is 10.9. The van der Waals surface area contributed by atoms with Crippen LogP contribution < -0.4 is 5.69 Å². The SMILES string of the molecule is CCn1cc(-c2ccnc(=O)[nH]2)cn1. The zero-order chi connectivity index (χ0) is 9.97. The fraction of sp³-hybridized carbons (Fsp3) is 0.222. The van der Waals surface area contributed by atoms with Crippen LogP contribution in [0.15, 0.2) is 29.5 Å². The van der Waals surface area contributed by atoms with Gasteiger partial charge in [-0.25, -0.2) is 9.78 Å². The number of nitrogens with one attached hydrogen (secondary N) is 1. The standard InChI is InChI=1S/C9H10N4O/c1-2-13-6-7(5-11-13)8-3-4-10-9(14)12-8/h3-6H,2H2,1H3,(H,10,12,14). The smallest absolute Gasteiger partial charge is 0.305 e. The quantitative estimate of drug-likeness (QED) is 0.756. The Hall–Kier alpha value is -1.91. The van der Waals surface area contributed by atoms with Gasteiger partial charge in [0.2, 0.25) is 0 Å². The number of H-pyrrole nitrogens is 1. The molecule has 72 valence electrons. The second-order valence-corrected chi connectivity index (χ2v) is 2.87. The minimum absolute atomic E-state index is 0.341. The van der Waals surface area contributed by atoms with E-state index in [1.165, 1.54) is 6.20 Å². The van der Waals surface area contributed by atoms with Gasteiger partial charge < -0.3 is 4.98 Å². The molecule has 5 nitrogen and oxygen atoms in total. The average Bonchev–Trinajstić information content (AvgIpc) is 2.66. The number of hydrogen-bond donors (Lipinski definition) is 1. The molecule has 2 heterocycles. The Bertz CT molecular complexity index is 485. The van der Waals surface area contributed by atoms with E-state index < -0.39 is 0 Å². The highest BCUT2D eigenvalue weighted by Crippen LogP contribution is 2.12. The molecule has 0 radical (unpaired) electrons. The summed E-state index contributed by atoms with van der Waals surface area (Å²) in [6.45, 7) is 2.82. The molecule has 2 aromatic heterocycles. The highest BCUT2D eigenvalue weighted by Gasteiger charge is 2.00. The largest absolute Gasteiger partial charge is 0.345 e. The van der Waals surface area contributed by atoms with Crippen molar-refractivity contribution in [3.63, 3.8) is 0 Å². The van der Waals surface area contributed by atoms with Crippen LogP contribution in [0.4, 0.5) is 0 Å². The molecule has 2 rings (SSSR count). The summed E-state index contributed by atoms with van der Waals surface area (Å²) < 4.78 is 1.80. The first-order valence-corrected chi connectivity index (χ1v) is 4.38. The Balaban J connectivity index is 2.44. The van der Waals surface area contributed by atoms with Crippen molar-refractivity contribution in [1.29, 1.82) is 0 Å². The second-order valence-electron chi connectivity index (χ2n) is 2.87. The van der Waals surface area contributed by atoms with Crippen LogP contribution in [0, 0.1) is 0 Å². The Labute approximate surface area is 80.4 Å². The van der Waals surface area contributed by atoms with E-state index >= 15 is 0 Å². The van der Waals surface area contributed by atoms with E-state index in [4.69, 9.17) is 0 Å². The van der Waals surface area contributed by atoms with Crippen LogP contribution in [-0.4, -0.2) is 19.7 Å². The molecule has 0 amide bonds. The Morgan fingerprint density at radius 3 is 3.07 bits per heavy atom. The lowest BCUT2D eigenvalue weighted by Gasteiger charge is -1.94. The van der Waals surface area contributed by atoms with Gasteiger partial charge in [0.25, 0.3) is 0 Å². The van der Waals surface area contributed by atoms with Crippen molar-refractivity contribution in [1.82, 2.24) is 19.7 Å². The monoisotopic (exact) mass is 190 g/mol. The number of aromatic nitrogens is 4. The summed E-state index contributed by atoms with van der Waals surface area (Å²) in [5, 5.41) is 4.11. The lowest BCUT2D eigenvalue weighted by atomic mass is 10.2. The van der Waals surface area contributed by atoms with E-state index in [-0.39, 0.29) is 5.69 Å². The van der Waals surface area contributed by atoms with Gasteiger partial charge in [0.15, 0.2) is 0 Å². The Kier molecular flexibility index (Phi) is 2.14. The van der Waals surface area contributed by atoms with Gasteiger partial charge in [-0.15, -0.1) is 0 Å². The van der Waals surface area contributed by atoms with Gasteiger partial charge >= 0.3 is 5.69 Å². The van der Waals surface area contributed by atoms with Crippen LogP contribution in [0.3, 0.4) is 0 Å². The van der Waals surface area contributed by atoms with Crippen molar-refractivity contribution in [2.45, 2.75) is 13.5 Å². The molecule has 0 bridgehead atoms. The summed E-state index contributed by atoms with van der Waals surface area (Å²) >= 11 is 0. The zero-order valence-electron chi connectivity index (χ0n) is 7.77. The van der Waals surface area contributed by atoms with E-state index in [0.29, 0.717) is 0 Å². The molecule has 0 fully saturated rings. The molecule has 0 saturated heterocycles. The number of aromatic amines is 1. The van der Waals surface area contributed by atoms with Crippen molar-refractivity contribution in [3.05, 3.63) is 35.1 Å². The summed E-state index contributed by atoms with van der Waals surface area (Å²) in [7, 11) is 0. The highest BCUT2D eigenvalue weighted by atomic mass is 16.1. The van der Waals surface area contributed by atoms with Crippen molar-refractivity contribution < 1.29 is 0 Å². The fourth-order valence-electron chi connectivity index (χ4n) is 1.21. The normalized spacial score (nSPS) is 10.4. The molecule has 0 aromatic carbocycles. The van der Waals surface area contributed by atoms with Crippen LogP contribution in [0.5, 0.6) is 0 Å². The van der Waals surface area contributed by atoms with Gasteiger partial charge in [-0.1, -0.05) is 0 Å². The first kappa shape index (κ1) is 8.68. The summed E-state index contributed by atoms with van der Waals surface area (Å²) in [5.41, 5.74) is 1.29. The van der Waals surface area contributed by atoms with Crippen LogP contribution >= 0.6 is 0 Å². The number of aryl methyl sites for hydroxylation is 1. The lowest BCUT2D eigenvalue weighted by Crippen LogP contribution is -2.08. The van der Waals surface area contributed by atoms with Gasteiger partial charge in [-0.3, -0.25) is 4.68 Å². The zero-order valence-corrected chi connectivity index (χ0v) is 7.77. The van der Waals surface area contributed by atoms with Crippen molar-refractivity contribution in [2.75, 3.05) is 0 Å². The summed E-state index contributed by atoms with van der Waals surface area (Å²) in [4.78, 5) is 17.1. The lowest BCUT2D eigenvalue weighted by molar-refractivity contribution is 0.660. The maximum Gasteiger partial charge on any atom is 0.345 e. The number of nitrogens with zero attached hydrogens (tertiary/aromatic N) is 3. The van der Waals surface area contributed by atoms with Crippen LogP contribution in [0.2, 0.25) is 0 Å². The van der Waals surface area contributed by atoms with Crippen molar-refractivity contribution in [3.8, 4) is 11.3 Å². The minimum atomic E-state index is -0.341. The predicted molar refractivity (Wildman–Crippen MR) is 51.8 cm³/mol. The molecule has 0 aliphatic heterocycles. The Morgan fingerprint density at radius 2 is 2.43 bits per heavy atom. The van der Waals surface area contributed by atoms with E-state index in [9.17, 15) is 4.79 Å². The van der Waals surface area contributed by atoms with Gasteiger partial charge in [0.05, 0.1) is 11.9 Å². The average molecular weight is 190 g/mol. The molecule has 14 heavy (non-hydrogen) atoms. The van der Waals surface area contributed by atoms with Gasteiger partial charge in [0, 0.05) is 24.5 Å². The summed E-state index contributed by atoms with van der Waals surface area (Å²) in [6, 6.07) is 1.75. The predicted octanol–water partition coefficient (Wildman–Crippen LogP) is 0.653. The third-order valence-corrected chi connectivity index (χ3v) is 1.94. The maximum atomic E-state index is 10.9. The van der Waals surface area contributed by atoms with E-state index in [0.717, 1.165) is 17.8 Å². The topological polar surface area (TPSA) is 63.6 Å². The fourth-order valence-corrected chi connectivity index (χ4v) is 1.21. The van der Waals surface area contributed by atoms with Gasteiger partial charge in [0.1, 0.15) is 0 Å². The Morgan fingerprint density at radius 1 is 1.57 bits per heavy atom. The minimum Gasteiger partial charge on any atom is -0.305 e. The van der Waals surface area contributed by atoms with Gasteiger partial charge in [-0.2, -0.15) is 5.10 Å². The molecule has 0 aliphatic carbocycles. The summed E-state index contributed by atoms with van der Waals surface area (Å²) in [6.07, 6.45) is 5.08. The van der Waals surface area contributed by atoms with Crippen molar-refractivity contribution >= 4 is 0 Å². The molecular weight excluding hydrogens is 180 g/mol. The molecule has 1 N–H and O–H groups in total. The third kappa shape index (κ3) is 1.56. The molecular formula is C9H10N4O. The summed E-state index contributed by atoms with van der Waals surface area (Å²) in [5.74, 6) is 0. The second kappa shape index (κ2) is 3.45. The number of rotatable bonds is 2. The molecule has 0 unspecified atom stereocenters. The van der Waals surface area contributed by atoms with Crippen LogP contribution in [0.1, 0.15) is 6.92 Å². The van der Waals surface area contributed by atoms with E-state index in [1.54, 1.807) is 16.9 Å². The number of hydrogen-bond acceptors (Lipinski definition) is 3. The molecule has 0 saturated carbocycles. The molecule has 0 atom stereocenters. The molecule has 0 spiro atoms. The van der Waals surface area contributed by atoms with Gasteiger partial charge in [-0.05, 0) is 13.0 Å². The van der Waals surface area contributed by atoms with E-state index in [2.05, 4.69) is 15.1 Å². The van der Waals surface area contributed by atoms with Crippen LogP contribution in [-0.2, 0) is 6.54 Å². The molecule has 0 aliphatic rings. The van der Waals surface area contributed by atoms with Crippen molar-refractivity contribution in [2.24, 2.45) is 0 Å². The van der Waals surface area contributed by atoms with E-state index in [1.807, 2.05) is 13.1 Å². The first-order chi connectivity index (χ1) is 6.79. The first-order valence-electron chi connectivity index (χ1n) is 4.38. The highest BCUT2D eigenvalue weighted by molar-refractivity contribution is 5.55. The third-order valence-electron chi connectivity index (χ3n) is 1.94. The molecule has 2 aromatic rings. The molecule has 5 heteroatoms.